The monoisotopic (exact) mass is 741 g/mol. The van der Waals surface area contributed by atoms with Gasteiger partial charge < -0.3 is 14.6 Å². The highest BCUT2D eigenvalue weighted by molar-refractivity contribution is 5.49. The van der Waals surface area contributed by atoms with Crippen molar-refractivity contribution < 1.29 is 14.6 Å². The van der Waals surface area contributed by atoms with Crippen molar-refractivity contribution in [3.05, 3.63) is 95.6 Å². The fraction of sp³-hybridized carbons (Fsp3) is 0.647. The fourth-order valence-corrected chi connectivity index (χ4v) is 7.74. The second-order valence-electron chi connectivity index (χ2n) is 16.0. The molecule has 0 radical (unpaired) electrons. The molecule has 0 saturated carbocycles. The minimum absolute atomic E-state index is 0.737. The average molecular weight is 741 g/mol. The summed E-state index contributed by atoms with van der Waals surface area (Å²) < 4.78 is 12.2. The van der Waals surface area contributed by atoms with E-state index < -0.39 is 5.60 Å². The van der Waals surface area contributed by atoms with Crippen LogP contribution in [0.25, 0.3) is 0 Å². The Bertz CT molecular complexity index is 1170. The van der Waals surface area contributed by atoms with Gasteiger partial charge in [0.25, 0.3) is 0 Å². The van der Waals surface area contributed by atoms with Gasteiger partial charge in [0, 0.05) is 0 Å². The van der Waals surface area contributed by atoms with Crippen LogP contribution < -0.4 is 9.47 Å². The summed E-state index contributed by atoms with van der Waals surface area (Å²) in [6, 6.07) is 26.0. The third-order valence-corrected chi connectivity index (χ3v) is 11.3. The predicted octanol–water partition coefficient (Wildman–Crippen LogP) is 15.7. The highest BCUT2D eigenvalue weighted by Crippen LogP contribution is 2.38. The number of hydrogen-bond donors (Lipinski definition) is 1. The van der Waals surface area contributed by atoms with Gasteiger partial charge in [-0.1, -0.05) is 235 Å². The average Bonchev–Trinajstić information content (AvgIpc) is 3.21. The van der Waals surface area contributed by atoms with Gasteiger partial charge in [0.2, 0.25) is 0 Å². The molecular formula is C51H80O3. The second-order valence-corrected chi connectivity index (χ2v) is 16.0. The van der Waals surface area contributed by atoms with Gasteiger partial charge in [-0.3, -0.25) is 0 Å². The molecular weight excluding hydrogens is 661 g/mol. The molecule has 3 aromatic carbocycles. The van der Waals surface area contributed by atoms with Gasteiger partial charge in [0.15, 0.2) is 0 Å². The largest absolute Gasteiger partial charge is 0.494 e. The Morgan fingerprint density at radius 3 is 0.889 bits per heavy atom. The summed E-state index contributed by atoms with van der Waals surface area (Å²) in [4.78, 5) is 0. The first-order chi connectivity index (χ1) is 26.7. The molecule has 0 spiro atoms. The van der Waals surface area contributed by atoms with Gasteiger partial charge in [-0.25, -0.2) is 0 Å². The summed E-state index contributed by atoms with van der Waals surface area (Å²) in [5.74, 6) is 1.72. The van der Waals surface area contributed by atoms with E-state index in [9.17, 15) is 5.11 Å². The fourth-order valence-electron chi connectivity index (χ4n) is 7.74. The molecule has 0 aliphatic rings. The van der Waals surface area contributed by atoms with Crippen molar-refractivity contribution in [3.8, 4) is 11.5 Å². The summed E-state index contributed by atoms with van der Waals surface area (Å²) in [5.41, 5.74) is 1.22. The van der Waals surface area contributed by atoms with Crippen LogP contribution in [0, 0.1) is 0 Å². The van der Waals surface area contributed by atoms with Crippen LogP contribution in [-0.2, 0) is 5.60 Å². The van der Waals surface area contributed by atoms with Crippen LogP contribution in [0.15, 0.2) is 78.9 Å². The molecule has 0 bridgehead atoms. The standard InChI is InChI=1S/C51H80O3/c1-3-5-7-9-11-13-15-17-19-21-23-25-27-32-44-53-49-40-36-47(37-41-49)51(52,46-34-30-29-31-35-46)48-38-42-50(43-39-48)54-45-33-28-26-24-22-20-18-16-14-12-10-8-6-4-2/h29-31,34-43,52H,3-28,32-33,44-45H2,1-2H3. The van der Waals surface area contributed by atoms with Gasteiger partial charge in [-0.05, 0) is 53.8 Å². The molecule has 3 heteroatoms. The van der Waals surface area contributed by atoms with E-state index in [4.69, 9.17) is 9.47 Å². The predicted molar refractivity (Wildman–Crippen MR) is 233 cm³/mol. The second kappa shape index (κ2) is 30.4. The Morgan fingerprint density at radius 2 is 0.593 bits per heavy atom. The van der Waals surface area contributed by atoms with Gasteiger partial charge in [-0.2, -0.15) is 0 Å². The number of aliphatic hydroxyl groups is 1. The summed E-state index contributed by atoms with van der Waals surface area (Å²) in [6.45, 7) is 6.05. The molecule has 3 nitrogen and oxygen atoms in total. The molecule has 0 amide bonds. The number of rotatable bonds is 35. The van der Waals surface area contributed by atoms with E-state index >= 15 is 0 Å². The summed E-state index contributed by atoms with van der Waals surface area (Å²) in [5, 5.41) is 12.4. The molecule has 3 aromatic rings. The normalized spacial score (nSPS) is 11.6. The summed E-state index contributed by atoms with van der Waals surface area (Å²) in [7, 11) is 0. The van der Waals surface area contributed by atoms with Gasteiger partial charge in [-0.15, -0.1) is 0 Å². The van der Waals surface area contributed by atoms with Gasteiger partial charge in [0.1, 0.15) is 17.1 Å². The Labute approximate surface area is 333 Å². The summed E-state index contributed by atoms with van der Waals surface area (Å²) >= 11 is 0. The highest BCUT2D eigenvalue weighted by atomic mass is 16.5. The smallest absolute Gasteiger partial charge is 0.140 e. The van der Waals surface area contributed by atoms with Crippen molar-refractivity contribution in [1.82, 2.24) is 0 Å². The molecule has 0 heterocycles. The Morgan fingerprint density at radius 1 is 0.333 bits per heavy atom. The Hall–Kier alpha value is -2.78. The quantitative estimate of drug-likeness (QED) is 0.0482. The van der Waals surface area contributed by atoms with Gasteiger partial charge >= 0.3 is 0 Å². The lowest BCUT2D eigenvalue weighted by Crippen LogP contribution is -2.28. The maximum absolute atomic E-state index is 12.4. The number of ether oxygens (including phenoxy) is 2. The van der Waals surface area contributed by atoms with Crippen LogP contribution in [0.1, 0.15) is 210 Å². The minimum Gasteiger partial charge on any atom is -0.494 e. The molecule has 0 fully saturated rings. The maximum atomic E-state index is 12.4. The van der Waals surface area contributed by atoms with Crippen LogP contribution in [0.3, 0.4) is 0 Å². The van der Waals surface area contributed by atoms with E-state index in [0.717, 1.165) is 54.2 Å². The molecule has 0 aliphatic heterocycles. The van der Waals surface area contributed by atoms with Crippen molar-refractivity contribution in [2.75, 3.05) is 13.2 Å². The lowest BCUT2D eigenvalue weighted by molar-refractivity contribution is 0.125. The van der Waals surface area contributed by atoms with Gasteiger partial charge in [0.05, 0.1) is 13.2 Å². The molecule has 0 saturated heterocycles. The zero-order chi connectivity index (χ0) is 38.2. The number of hydrogen-bond acceptors (Lipinski definition) is 3. The van der Waals surface area contributed by atoms with Crippen LogP contribution in [0.5, 0.6) is 11.5 Å². The molecule has 302 valence electrons. The third kappa shape index (κ3) is 19.2. The molecule has 3 rings (SSSR count). The van der Waals surface area contributed by atoms with Crippen LogP contribution in [0.4, 0.5) is 0 Å². The highest BCUT2D eigenvalue weighted by Gasteiger charge is 2.33. The number of benzene rings is 3. The van der Waals surface area contributed by atoms with E-state index in [-0.39, 0.29) is 0 Å². The van der Waals surface area contributed by atoms with E-state index in [2.05, 4.69) is 13.8 Å². The first kappa shape index (κ1) is 45.6. The number of unbranched alkanes of at least 4 members (excludes halogenated alkanes) is 26. The summed E-state index contributed by atoms with van der Waals surface area (Å²) in [6.07, 6.45) is 38.0. The van der Waals surface area contributed by atoms with Crippen molar-refractivity contribution in [3.63, 3.8) is 0 Å². The minimum atomic E-state index is -1.28. The van der Waals surface area contributed by atoms with E-state index in [1.165, 1.54) is 167 Å². The van der Waals surface area contributed by atoms with Crippen LogP contribution in [-0.4, -0.2) is 18.3 Å². The van der Waals surface area contributed by atoms with Crippen molar-refractivity contribution in [2.45, 2.75) is 199 Å². The first-order valence-corrected chi connectivity index (χ1v) is 22.9. The van der Waals surface area contributed by atoms with Crippen LogP contribution >= 0.6 is 0 Å². The Balaban J connectivity index is 1.32. The van der Waals surface area contributed by atoms with E-state index in [1.807, 2.05) is 78.9 Å². The van der Waals surface area contributed by atoms with Crippen LogP contribution in [0.2, 0.25) is 0 Å². The van der Waals surface area contributed by atoms with E-state index in [1.54, 1.807) is 0 Å². The lowest BCUT2D eigenvalue weighted by Gasteiger charge is -2.30. The van der Waals surface area contributed by atoms with Crippen molar-refractivity contribution in [1.29, 1.82) is 0 Å². The molecule has 54 heavy (non-hydrogen) atoms. The van der Waals surface area contributed by atoms with Crippen molar-refractivity contribution in [2.24, 2.45) is 0 Å². The lowest BCUT2D eigenvalue weighted by atomic mass is 9.80. The topological polar surface area (TPSA) is 38.7 Å². The maximum Gasteiger partial charge on any atom is 0.140 e. The zero-order valence-corrected chi connectivity index (χ0v) is 35.0. The first-order valence-electron chi connectivity index (χ1n) is 22.9. The molecule has 0 atom stereocenters. The molecule has 0 unspecified atom stereocenters. The SMILES string of the molecule is CCCCCCCCCCCCCCCCOc1ccc(C(O)(c2ccccc2)c2ccc(OCCCCCCCCCCCCCCCC)cc2)cc1. The third-order valence-electron chi connectivity index (χ3n) is 11.3. The van der Waals surface area contributed by atoms with E-state index in [0.29, 0.717) is 0 Å². The zero-order valence-electron chi connectivity index (χ0n) is 35.0. The molecule has 1 N–H and O–H groups in total. The Kier molecular flexibility index (Phi) is 25.7. The molecule has 0 aliphatic carbocycles. The van der Waals surface area contributed by atoms with Crippen molar-refractivity contribution >= 4 is 0 Å². The molecule has 0 aromatic heterocycles.